The van der Waals surface area contributed by atoms with E-state index in [4.69, 9.17) is 5.73 Å². The Labute approximate surface area is 96.7 Å². The van der Waals surface area contributed by atoms with Crippen LogP contribution in [-0.4, -0.2) is 16.0 Å². The number of rotatable bonds is 2. The number of nitrogens with two attached hydrogens (primary N) is 1. The first-order chi connectivity index (χ1) is 7.63. The minimum absolute atomic E-state index is 0.521. The van der Waals surface area contributed by atoms with Crippen LogP contribution < -0.4 is 11.1 Å². The molecule has 1 aromatic heterocycles. The number of anilines is 2. The van der Waals surface area contributed by atoms with E-state index in [0.29, 0.717) is 11.9 Å². The van der Waals surface area contributed by atoms with Crippen molar-refractivity contribution in [3.05, 3.63) is 12.4 Å². The van der Waals surface area contributed by atoms with Gasteiger partial charge in [-0.15, -0.1) is 0 Å². The van der Waals surface area contributed by atoms with Crippen LogP contribution in [0.3, 0.4) is 0 Å². The highest BCUT2D eigenvalue weighted by molar-refractivity contribution is 5.43. The third-order valence-electron chi connectivity index (χ3n) is 3.22. The molecule has 16 heavy (non-hydrogen) atoms. The fourth-order valence-electron chi connectivity index (χ4n) is 2.73. The number of hydrogen-bond donors (Lipinski definition) is 2. The Hall–Kier alpha value is -1.32. The zero-order chi connectivity index (χ0) is 11.5. The van der Waals surface area contributed by atoms with Crippen LogP contribution in [0, 0.1) is 11.8 Å². The molecule has 88 valence electrons. The highest BCUT2D eigenvalue weighted by Crippen LogP contribution is 2.30. The van der Waals surface area contributed by atoms with Crippen molar-refractivity contribution in [3.8, 4) is 0 Å². The minimum atomic E-state index is 0.521. The number of nitrogen functional groups attached to an aromatic ring is 1. The molecular weight excluding hydrogens is 200 g/mol. The Morgan fingerprint density at radius 2 is 1.88 bits per heavy atom. The Balaban J connectivity index is 1.98. The topological polar surface area (TPSA) is 63.8 Å². The molecule has 1 aromatic rings. The van der Waals surface area contributed by atoms with Gasteiger partial charge >= 0.3 is 0 Å². The van der Waals surface area contributed by atoms with Gasteiger partial charge in [-0.1, -0.05) is 13.8 Å². The summed E-state index contributed by atoms with van der Waals surface area (Å²) in [5.74, 6) is 2.95. The fourth-order valence-corrected chi connectivity index (χ4v) is 2.73. The standard InChI is InChI=1S/C12H20N4/c1-8-3-9(2)5-10(4-8)16-12-6-11(13)14-7-15-12/h6-10H,3-5H2,1-2H3,(H3,13,14,15,16). The van der Waals surface area contributed by atoms with Crippen LogP contribution in [0.5, 0.6) is 0 Å². The van der Waals surface area contributed by atoms with Crippen LogP contribution in [0.25, 0.3) is 0 Å². The van der Waals surface area contributed by atoms with Gasteiger partial charge in [0.25, 0.3) is 0 Å². The summed E-state index contributed by atoms with van der Waals surface area (Å²) in [6.45, 7) is 4.64. The van der Waals surface area contributed by atoms with Crippen LogP contribution >= 0.6 is 0 Å². The van der Waals surface area contributed by atoms with Crippen molar-refractivity contribution in [1.82, 2.24) is 9.97 Å². The molecule has 1 saturated carbocycles. The van der Waals surface area contributed by atoms with Crippen molar-refractivity contribution in [3.63, 3.8) is 0 Å². The average molecular weight is 220 g/mol. The monoisotopic (exact) mass is 220 g/mol. The van der Waals surface area contributed by atoms with Gasteiger partial charge in [-0.3, -0.25) is 0 Å². The summed E-state index contributed by atoms with van der Waals surface area (Å²) in [6, 6.07) is 2.32. The van der Waals surface area contributed by atoms with E-state index in [1.807, 2.05) is 0 Å². The first-order valence-corrected chi connectivity index (χ1v) is 5.97. The highest BCUT2D eigenvalue weighted by Gasteiger charge is 2.23. The van der Waals surface area contributed by atoms with Gasteiger partial charge in [-0.2, -0.15) is 0 Å². The van der Waals surface area contributed by atoms with E-state index in [9.17, 15) is 0 Å². The molecule has 0 aliphatic heterocycles. The van der Waals surface area contributed by atoms with E-state index in [0.717, 1.165) is 17.7 Å². The molecule has 2 unspecified atom stereocenters. The summed E-state index contributed by atoms with van der Waals surface area (Å²) in [4.78, 5) is 8.07. The summed E-state index contributed by atoms with van der Waals surface area (Å²) in [5.41, 5.74) is 5.63. The largest absolute Gasteiger partial charge is 0.384 e. The molecular formula is C12H20N4. The van der Waals surface area contributed by atoms with Crippen molar-refractivity contribution in [2.45, 2.75) is 39.2 Å². The van der Waals surface area contributed by atoms with Gasteiger partial charge in [-0.25, -0.2) is 9.97 Å². The summed E-state index contributed by atoms with van der Waals surface area (Å²) >= 11 is 0. The van der Waals surface area contributed by atoms with Gasteiger partial charge < -0.3 is 11.1 Å². The lowest BCUT2D eigenvalue weighted by molar-refractivity contribution is 0.280. The van der Waals surface area contributed by atoms with E-state index in [-0.39, 0.29) is 0 Å². The van der Waals surface area contributed by atoms with Crippen LogP contribution in [0.2, 0.25) is 0 Å². The third-order valence-corrected chi connectivity index (χ3v) is 3.22. The second kappa shape index (κ2) is 4.68. The van der Waals surface area contributed by atoms with Gasteiger partial charge in [0.1, 0.15) is 18.0 Å². The molecule has 0 aromatic carbocycles. The Morgan fingerprint density at radius 1 is 1.19 bits per heavy atom. The second-order valence-electron chi connectivity index (χ2n) is 5.09. The zero-order valence-electron chi connectivity index (χ0n) is 9.98. The zero-order valence-corrected chi connectivity index (χ0v) is 9.98. The van der Waals surface area contributed by atoms with Gasteiger partial charge in [-0.05, 0) is 31.1 Å². The number of hydrogen-bond acceptors (Lipinski definition) is 4. The van der Waals surface area contributed by atoms with E-state index < -0.39 is 0 Å². The normalized spacial score (nSPS) is 30.0. The van der Waals surface area contributed by atoms with Crippen LogP contribution in [0.4, 0.5) is 11.6 Å². The minimum Gasteiger partial charge on any atom is -0.384 e. The molecule has 1 fully saturated rings. The first-order valence-electron chi connectivity index (χ1n) is 5.97. The molecule has 2 rings (SSSR count). The van der Waals surface area contributed by atoms with Gasteiger partial charge in [0.15, 0.2) is 0 Å². The van der Waals surface area contributed by atoms with Gasteiger partial charge in [0.2, 0.25) is 0 Å². The lowest BCUT2D eigenvalue weighted by atomic mass is 9.80. The maximum atomic E-state index is 5.63. The predicted molar refractivity (Wildman–Crippen MR) is 66.0 cm³/mol. The fraction of sp³-hybridized carbons (Fsp3) is 0.667. The molecule has 0 bridgehead atoms. The van der Waals surface area contributed by atoms with E-state index in [2.05, 4.69) is 29.1 Å². The Kier molecular flexibility index (Phi) is 3.27. The molecule has 1 aliphatic rings. The lowest BCUT2D eigenvalue weighted by Crippen LogP contribution is -2.30. The molecule has 0 amide bonds. The Morgan fingerprint density at radius 3 is 2.50 bits per heavy atom. The number of aromatic nitrogens is 2. The van der Waals surface area contributed by atoms with E-state index in [1.165, 1.54) is 25.6 Å². The first kappa shape index (κ1) is 11.2. The van der Waals surface area contributed by atoms with Gasteiger partial charge in [0.05, 0.1) is 0 Å². The molecule has 0 saturated heterocycles. The maximum Gasteiger partial charge on any atom is 0.131 e. The highest BCUT2D eigenvalue weighted by atomic mass is 15.0. The van der Waals surface area contributed by atoms with E-state index >= 15 is 0 Å². The Bertz CT molecular complexity index is 343. The SMILES string of the molecule is CC1CC(C)CC(Nc2cc(N)ncn2)C1. The van der Waals surface area contributed by atoms with Crippen LogP contribution in [0.15, 0.2) is 12.4 Å². The second-order valence-corrected chi connectivity index (χ2v) is 5.09. The lowest BCUT2D eigenvalue weighted by Gasteiger charge is -2.32. The smallest absolute Gasteiger partial charge is 0.131 e. The maximum absolute atomic E-state index is 5.63. The van der Waals surface area contributed by atoms with Crippen LogP contribution in [-0.2, 0) is 0 Å². The molecule has 1 aliphatic carbocycles. The third kappa shape index (κ3) is 2.84. The van der Waals surface area contributed by atoms with Gasteiger partial charge in [0, 0.05) is 12.1 Å². The van der Waals surface area contributed by atoms with Crippen molar-refractivity contribution in [2.24, 2.45) is 11.8 Å². The molecule has 4 nitrogen and oxygen atoms in total. The summed E-state index contributed by atoms with van der Waals surface area (Å²) < 4.78 is 0. The van der Waals surface area contributed by atoms with Crippen molar-refractivity contribution in [1.29, 1.82) is 0 Å². The molecule has 1 heterocycles. The molecule has 3 N–H and O–H groups in total. The molecule has 4 heteroatoms. The van der Waals surface area contributed by atoms with Crippen molar-refractivity contribution < 1.29 is 0 Å². The van der Waals surface area contributed by atoms with Crippen LogP contribution in [0.1, 0.15) is 33.1 Å². The predicted octanol–water partition coefficient (Wildman–Crippen LogP) is 2.30. The molecule has 0 spiro atoms. The average Bonchev–Trinajstić information content (AvgIpc) is 2.15. The number of nitrogens with one attached hydrogen (secondary N) is 1. The number of nitrogens with zero attached hydrogens (tertiary/aromatic N) is 2. The van der Waals surface area contributed by atoms with Crippen molar-refractivity contribution in [2.75, 3.05) is 11.1 Å². The summed E-state index contributed by atoms with van der Waals surface area (Å²) in [7, 11) is 0. The van der Waals surface area contributed by atoms with Crippen molar-refractivity contribution >= 4 is 11.6 Å². The molecule has 2 atom stereocenters. The quantitative estimate of drug-likeness (QED) is 0.802. The van der Waals surface area contributed by atoms with E-state index in [1.54, 1.807) is 6.07 Å². The molecule has 0 radical (unpaired) electrons. The summed E-state index contributed by atoms with van der Waals surface area (Å²) in [6.07, 6.45) is 5.28. The summed E-state index contributed by atoms with van der Waals surface area (Å²) in [5, 5.41) is 3.45.